The van der Waals surface area contributed by atoms with E-state index in [0.29, 0.717) is 0 Å². The molecule has 0 spiro atoms. The minimum Gasteiger partial charge on any atom is -0.275 e. The van der Waals surface area contributed by atoms with Crippen molar-refractivity contribution in [3.05, 3.63) is 17.5 Å². The van der Waals surface area contributed by atoms with Crippen LogP contribution in [0.25, 0.3) is 0 Å². The lowest BCUT2D eigenvalue weighted by Gasteiger charge is -2.23. The number of hydrazine groups is 1. The predicted molar refractivity (Wildman–Crippen MR) is 71.9 cm³/mol. The molecule has 1 atom stereocenters. The number of amides is 4. The highest BCUT2D eigenvalue weighted by molar-refractivity contribution is 6.02. The average Bonchev–Trinajstić information content (AvgIpc) is 2.93. The van der Waals surface area contributed by atoms with Crippen molar-refractivity contribution >= 4 is 17.8 Å². The van der Waals surface area contributed by atoms with Crippen molar-refractivity contribution in [2.75, 3.05) is 13.6 Å². The Hall–Kier alpha value is -2.38. The molecule has 8 nitrogen and oxygen atoms in total. The van der Waals surface area contributed by atoms with Gasteiger partial charge in [0.1, 0.15) is 6.54 Å². The van der Waals surface area contributed by atoms with E-state index in [1.54, 1.807) is 4.68 Å². The Morgan fingerprint density at radius 3 is 2.81 bits per heavy atom. The van der Waals surface area contributed by atoms with Crippen LogP contribution < -0.4 is 5.43 Å². The second-order valence-electron chi connectivity index (χ2n) is 5.45. The van der Waals surface area contributed by atoms with Crippen LogP contribution in [0.5, 0.6) is 0 Å². The van der Waals surface area contributed by atoms with Gasteiger partial charge in [-0.1, -0.05) is 0 Å². The van der Waals surface area contributed by atoms with Gasteiger partial charge < -0.3 is 0 Å². The van der Waals surface area contributed by atoms with Gasteiger partial charge in [0.15, 0.2) is 0 Å². The minimum atomic E-state index is -0.504. The second kappa shape index (κ2) is 4.87. The fraction of sp³-hybridized carbons (Fsp3) is 0.538. The molecule has 1 fully saturated rings. The quantitative estimate of drug-likeness (QED) is 0.762. The van der Waals surface area contributed by atoms with Crippen LogP contribution in [-0.4, -0.2) is 51.1 Å². The summed E-state index contributed by atoms with van der Waals surface area (Å²) in [6.45, 7) is -0.117. The van der Waals surface area contributed by atoms with E-state index in [-0.39, 0.29) is 24.3 Å². The van der Waals surface area contributed by atoms with E-state index in [0.717, 1.165) is 40.4 Å². The number of likely N-dealkylation sites (N-methyl/N-ethyl adjacent to an activating group) is 1. The van der Waals surface area contributed by atoms with E-state index in [1.807, 2.05) is 13.2 Å². The Labute approximate surface area is 121 Å². The normalized spacial score (nSPS) is 21.7. The van der Waals surface area contributed by atoms with Crippen molar-refractivity contribution in [1.29, 1.82) is 0 Å². The lowest BCUT2D eigenvalue weighted by molar-refractivity contribution is -0.127. The molecule has 1 aromatic heterocycles. The van der Waals surface area contributed by atoms with Crippen LogP contribution in [0.15, 0.2) is 6.20 Å². The van der Waals surface area contributed by atoms with Crippen molar-refractivity contribution < 1.29 is 14.4 Å². The molecule has 1 aliphatic carbocycles. The summed E-state index contributed by atoms with van der Waals surface area (Å²) in [5.74, 6) is -0.914. The van der Waals surface area contributed by atoms with E-state index in [1.165, 1.54) is 7.05 Å². The van der Waals surface area contributed by atoms with Gasteiger partial charge in [-0.3, -0.25) is 24.6 Å². The highest BCUT2D eigenvalue weighted by Gasteiger charge is 2.36. The van der Waals surface area contributed by atoms with Gasteiger partial charge in [-0.2, -0.15) is 5.10 Å². The Bertz CT molecular complexity index is 623. The summed E-state index contributed by atoms with van der Waals surface area (Å²) >= 11 is 0. The van der Waals surface area contributed by atoms with Crippen LogP contribution in [0.4, 0.5) is 4.79 Å². The number of hydrogen-bond acceptors (Lipinski definition) is 4. The number of nitrogens with zero attached hydrogens (tertiary/aromatic N) is 4. The molecule has 4 amide bonds. The number of urea groups is 1. The molecular weight excluding hydrogens is 274 g/mol. The molecule has 1 N–H and O–H groups in total. The highest BCUT2D eigenvalue weighted by atomic mass is 16.2. The first-order valence-corrected chi connectivity index (χ1v) is 6.88. The summed E-state index contributed by atoms with van der Waals surface area (Å²) in [6, 6.07) is -0.504. The highest BCUT2D eigenvalue weighted by Crippen LogP contribution is 2.31. The number of carbonyl (C=O) groups excluding carboxylic acids is 3. The van der Waals surface area contributed by atoms with Gasteiger partial charge in [0, 0.05) is 25.9 Å². The maximum atomic E-state index is 12.4. The number of nitrogens with one attached hydrogen (secondary N) is 1. The van der Waals surface area contributed by atoms with E-state index in [9.17, 15) is 14.4 Å². The fourth-order valence-corrected chi connectivity index (χ4v) is 2.83. The van der Waals surface area contributed by atoms with Crippen LogP contribution in [0.2, 0.25) is 0 Å². The third-order valence-corrected chi connectivity index (χ3v) is 3.97. The third-order valence-electron chi connectivity index (χ3n) is 3.97. The fourth-order valence-electron chi connectivity index (χ4n) is 2.83. The van der Waals surface area contributed by atoms with Crippen LogP contribution in [0.1, 0.15) is 30.0 Å². The molecule has 0 aromatic carbocycles. The summed E-state index contributed by atoms with van der Waals surface area (Å²) in [5, 5.41) is 5.41. The van der Waals surface area contributed by atoms with Gasteiger partial charge in [-0.05, 0) is 19.3 Å². The van der Waals surface area contributed by atoms with Crippen molar-refractivity contribution in [3.63, 3.8) is 0 Å². The SMILES string of the molecule is CN1C(=O)CN(NC(=O)C2CCCc3nn(C)cc32)C1=O. The molecule has 0 saturated carbocycles. The molecule has 1 unspecified atom stereocenters. The molecule has 0 radical (unpaired) electrons. The molecule has 0 bridgehead atoms. The van der Waals surface area contributed by atoms with Gasteiger partial charge in [0.05, 0.1) is 11.6 Å². The third kappa shape index (κ3) is 2.26. The van der Waals surface area contributed by atoms with Crippen LogP contribution >= 0.6 is 0 Å². The summed E-state index contributed by atoms with van der Waals surface area (Å²) in [7, 11) is 3.22. The first-order chi connectivity index (χ1) is 9.97. The number of aryl methyl sites for hydroxylation is 2. The molecule has 8 heteroatoms. The van der Waals surface area contributed by atoms with Crippen molar-refractivity contribution in [2.45, 2.75) is 25.2 Å². The molecule has 2 aliphatic rings. The lowest BCUT2D eigenvalue weighted by atomic mass is 9.87. The Balaban J connectivity index is 1.75. The number of fused-ring (bicyclic) bond motifs is 1. The number of imide groups is 1. The zero-order chi connectivity index (χ0) is 15.1. The number of hydrogen-bond donors (Lipinski definition) is 1. The first-order valence-electron chi connectivity index (χ1n) is 6.88. The van der Waals surface area contributed by atoms with Crippen LogP contribution in [0.3, 0.4) is 0 Å². The monoisotopic (exact) mass is 291 g/mol. The summed E-state index contributed by atoms with van der Waals surface area (Å²) < 4.78 is 1.70. The maximum Gasteiger partial charge on any atom is 0.345 e. The first kappa shape index (κ1) is 13.6. The zero-order valence-corrected chi connectivity index (χ0v) is 12.0. The summed E-state index contributed by atoms with van der Waals surface area (Å²) in [5.41, 5.74) is 4.40. The van der Waals surface area contributed by atoms with E-state index in [2.05, 4.69) is 10.5 Å². The Kier molecular flexibility index (Phi) is 3.15. The van der Waals surface area contributed by atoms with E-state index < -0.39 is 6.03 Å². The van der Waals surface area contributed by atoms with Gasteiger partial charge in [-0.15, -0.1) is 0 Å². The standard InChI is InChI=1S/C13H17N5O3/c1-16-6-9-8(4-3-5-10(9)14-16)12(20)15-18-7-11(19)17(2)13(18)21/h6,8H,3-5,7H2,1-2H3,(H,15,20). The lowest BCUT2D eigenvalue weighted by Crippen LogP contribution is -2.46. The minimum absolute atomic E-state index is 0.117. The van der Waals surface area contributed by atoms with Crippen molar-refractivity contribution in [2.24, 2.45) is 7.05 Å². The van der Waals surface area contributed by atoms with Crippen LogP contribution in [0, 0.1) is 0 Å². The van der Waals surface area contributed by atoms with Gasteiger partial charge in [0.2, 0.25) is 5.91 Å². The molecule has 112 valence electrons. The molecule has 1 saturated heterocycles. The average molecular weight is 291 g/mol. The van der Waals surface area contributed by atoms with Crippen molar-refractivity contribution in [3.8, 4) is 0 Å². The Morgan fingerprint density at radius 1 is 1.38 bits per heavy atom. The smallest absolute Gasteiger partial charge is 0.275 e. The van der Waals surface area contributed by atoms with Gasteiger partial charge >= 0.3 is 6.03 Å². The van der Waals surface area contributed by atoms with Gasteiger partial charge in [-0.25, -0.2) is 9.80 Å². The van der Waals surface area contributed by atoms with Crippen molar-refractivity contribution in [1.82, 2.24) is 25.1 Å². The second-order valence-corrected chi connectivity index (χ2v) is 5.45. The van der Waals surface area contributed by atoms with Crippen LogP contribution in [-0.2, 0) is 23.1 Å². The molecule has 2 heterocycles. The molecule has 1 aliphatic heterocycles. The number of carbonyl (C=O) groups is 3. The summed E-state index contributed by atoms with van der Waals surface area (Å²) in [6.07, 6.45) is 4.32. The Morgan fingerprint density at radius 2 is 2.14 bits per heavy atom. The molecular formula is C13H17N5O3. The number of aromatic nitrogens is 2. The van der Waals surface area contributed by atoms with E-state index in [4.69, 9.17) is 0 Å². The number of rotatable bonds is 2. The summed E-state index contributed by atoms with van der Waals surface area (Å²) in [4.78, 5) is 36.6. The molecule has 1 aromatic rings. The van der Waals surface area contributed by atoms with Gasteiger partial charge in [0.25, 0.3) is 5.91 Å². The van der Waals surface area contributed by atoms with E-state index >= 15 is 0 Å². The topological polar surface area (TPSA) is 87.5 Å². The largest absolute Gasteiger partial charge is 0.345 e. The predicted octanol–water partition coefficient (Wildman–Crippen LogP) is -0.235. The molecule has 3 rings (SSSR count). The zero-order valence-electron chi connectivity index (χ0n) is 12.0. The maximum absolute atomic E-state index is 12.4. The molecule has 21 heavy (non-hydrogen) atoms.